The molecular weight excluding hydrogens is 222 g/mol. The van der Waals surface area contributed by atoms with Gasteiger partial charge in [-0.15, -0.1) is 0 Å². The molecule has 90 valence electrons. The number of nitriles is 1. The smallest absolute Gasteiger partial charge is 0.167 e. The Balaban J connectivity index is 1.82. The summed E-state index contributed by atoms with van der Waals surface area (Å²) in [4.78, 5) is 0. The van der Waals surface area contributed by atoms with Crippen LogP contribution in [-0.2, 0) is 9.47 Å². The van der Waals surface area contributed by atoms with E-state index in [0.717, 1.165) is 6.42 Å². The van der Waals surface area contributed by atoms with Gasteiger partial charge in [0, 0.05) is 11.7 Å². The number of nitrogens with zero attached hydrogens (tertiary/aromatic N) is 1. The molecule has 2 heterocycles. The monoisotopic (exact) mass is 241 g/mol. The predicted octanol–water partition coefficient (Wildman–Crippen LogP) is 2.71. The van der Waals surface area contributed by atoms with E-state index in [2.05, 4.69) is 6.07 Å². The second-order valence-corrected chi connectivity index (χ2v) is 6.15. The molecule has 0 N–H and O–H groups in total. The van der Waals surface area contributed by atoms with Crippen molar-refractivity contribution in [1.29, 1.82) is 5.26 Å². The van der Waals surface area contributed by atoms with E-state index in [-0.39, 0.29) is 6.10 Å². The van der Waals surface area contributed by atoms with Crippen LogP contribution in [0, 0.1) is 11.3 Å². The first kappa shape index (κ1) is 12.2. The second-order valence-electron chi connectivity index (χ2n) is 4.74. The molecule has 16 heavy (non-hydrogen) atoms. The van der Waals surface area contributed by atoms with Gasteiger partial charge in [0.1, 0.15) is 0 Å². The molecule has 3 unspecified atom stereocenters. The van der Waals surface area contributed by atoms with Crippen LogP contribution in [0.3, 0.4) is 0 Å². The molecule has 2 aliphatic rings. The normalized spacial score (nSPS) is 39.5. The fourth-order valence-corrected chi connectivity index (χ4v) is 3.84. The SMILES string of the molecule is CC1(CC2CCCCS2)OCC(CC#N)O1. The molecule has 2 aliphatic heterocycles. The summed E-state index contributed by atoms with van der Waals surface area (Å²) in [5.41, 5.74) is 0. The summed E-state index contributed by atoms with van der Waals surface area (Å²) in [5, 5.41) is 9.29. The highest BCUT2D eigenvalue weighted by Gasteiger charge is 2.39. The van der Waals surface area contributed by atoms with Gasteiger partial charge in [-0.2, -0.15) is 17.0 Å². The van der Waals surface area contributed by atoms with Gasteiger partial charge in [0.15, 0.2) is 5.79 Å². The Labute approximate surface area is 101 Å². The van der Waals surface area contributed by atoms with Gasteiger partial charge in [-0.3, -0.25) is 0 Å². The second kappa shape index (κ2) is 5.39. The molecule has 0 saturated carbocycles. The highest BCUT2D eigenvalue weighted by molar-refractivity contribution is 7.99. The lowest BCUT2D eigenvalue weighted by Gasteiger charge is -2.30. The fraction of sp³-hybridized carbons (Fsp3) is 0.917. The third-order valence-corrected chi connectivity index (χ3v) is 4.58. The Hall–Kier alpha value is -0.240. The molecule has 0 aromatic heterocycles. The molecule has 0 amide bonds. The summed E-state index contributed by atoms with van der Waals surface area (Å²) in [6.07, 6.45) is 5.32. The molecule has 0 radical (unpaired) electrons. The minimum atomic E-state index is -0.448. The lowest BCUT2D eigenvalue weighted by atomic mass is 10.1. The van der Waals surface area contributed by atoms with Gasteiger partial charge in [0.05, 0.1) is 25.2 Å². The van der Waals surface area contributed by atoms with E-state index in [4.69, 9.17) is 14.7 Å². The van der Waals surface area contributed by atoms with Crippen molar-refractivity contribution >= 4 is 11.8 Å². The molecule has 0 spiro atoms. The van der Waals surface area contributed by atoms with Crippen LogP contribution in [0.4, 0.5) is 0 Å². The van der Waals surface area contributed by atoms with E-state index in [1.54, 1.807) is 0 Å². The third-order valence-electron chi connectivity index (χ3n) is 3.18. The maximum atomic E-state index is 8.63. The van der Waals surface area contributed by atoms with Gasteiger partial charge in [-0.25, -0.2) is 0 Å². The van der Waals surface area contributed by atoms with E-state index >= 15 is 0 Å². The molecule has 4 heteroatoms. The van der Waals surface area contributed by atoms with Gasteiger partial charge >= 0.3 is 0 Å². The topological polar surface area (TPSA) is 42.2 Å². The predicted molar refractivity (Wildman–Crippen MR) is 64.2 cm³/mol. The number of rotatable bonds is 3. The van der Waals surface area contributed by atoms with Crippen molar-refractivity contribution in [3.8, 4) is 6.07 Å². The van der Waals surface area contributed by atoms with Crippen LogP contribution in [-0.4, -0.2) is 29.5 Å². The minimum absolute atomic E-state index is 0.0245. The summed E-state index contributed by atoms with van der Waals surface area (Å²) in [6.45, 7) is 2.58. The van der Waals surface area contributed by atoms with Crippen molar-refractivity contribution in [2.24, 2.45) is 0 Å². The molecule has 0 aromatic carbocycles. The van der Waals surface area contributed by atoms with E-state index in [9.17, 15) is 0 Å². The van der Waals surface area contributed by atoms with E-state index in [1.807, 2.05) is 18.7 Å². The summed E-state index contributed by atoms with van der Waals surface area (Å²) in [7, 11) is 0. The lowest BCUT2D eigenvalue weighted by Crippen LogP contribution is -2.31. The average molecular weight is 241 g/mol. The maximum absolute atomic E-state index is 8.63. The van der Waals surface area contributed by atoms with Gasteiger partial charge in [0.2, 0.25) is 0 Å². The quantitative estimate of drug-likeness (QED) is 0.762. The Morgan fingerprint density at radius 3 is 3.06 bits per heavy atom. The number of hydrogen-bond acceptors (Lipinski definition) is 4. The summed E-state index contributed by atoms with van der Waals surface area (Å²) >= 11 is 2.04. The van der Waals surface area contributed by atoms with Gasteiger partial charge in [-0.1, -0.05) is 6.42 Å². The first-order chi connectivity index (χ1) is 7.72. The van der Waals surface area contributed by atoms with Gasteiger partial charge in [-0.05, 0) is 25.5 Å². The van der Waals surface area contributed by atoms with Crippen molar-refractivity contribution in [3.05, 3.63) is 0 Å². The number of thioether (sulfide) groups is 1. The highest BCUT2D eigenvalue weighted by atomic mass is 32.2. The Bertz CT molecular complexity index is 273. The van der Waals surface area contributed by atoms with Crippen molar-refractivity contribution in [2.45, 2.75) is 56.2 Å². The lowest BCUT2D eigenvalue weighted by molar-refractivity contribution is -0.157. The largest absolute Gasteiger partial charge is 0.347 e. The van der Waals surface area contributed by atoms with Crippen LogP contribution in [0.25, 0.3) is 0 Å². The summed E-state index contributed by atoms with van der Waals surface area (Å²) < 4.78 is 11.6. The molecule has 0 aliphatic carbocycles. The van der Waals surface area contributed by atoms with Crippen LogP contribution >= 0.6 is 11.8 Å². The number of ether oxygens (including phenoxy) is 2. The van der Waals surface area contributed by atoms with Crippen LogP contribution in [0.15, 0.2) is 0 Å². The van der Waals surface area contributed by atoms with Crippen LogP contribution in [0.5, 0.6) is 0 Å². The van der Waals surface area contributed by atoms with Crippen molar-refractivity contribution < 1.29 is 9.47 Å². The van der Waals surface area contributed by atoms with Crippen molar-refractivity contribution in [2.75, 3.05) is 12.4 Å². The van der Waals surface area contributed by atoms with Crippen LogP contribution < -0.4 is 0 Å². The third kappa shape index (κ3) is 3.13. The molecule has 3 atom stereocenters. The standard InChI is InChI=1S/C12H19NO2S/c1-12(8-11-4-2-3-7-16-11)14-9-10(15-12)5-6-13/h10-11H,2-5,7-9H2,1H3. The first-order valence-electron chi connectivity index (χ1n) is 6.02. The minimum Gasteiger partial charge on any atom is -0.347 e. The maximum Gasteiger partial charge on any atom is 0.167 e. The molecule has 2 rings (SSSR count). The Morgan fingerprint density at radius 2 is 2.38 bits per heavy atom. The van der Waals surface area contributed by atoms with Crippen LogP contribution in [0.2, 0.25) is 0 Å². The number of hydrogen-bond donors (Lipinski definition) is 0. The fourth-order valence-electron chi connectivity index (χ4n) is 2.38. The summed E-state index contributed by atoms with van der Waals surface area (Å²) in [6, 6.07) is 2.14. The summed E-state index contributed by atoms with van der Waals surface area (Å²) in [5.74, 6) is 0.818. The zero-order valence-electron chi connectivity index (χ0n) is 9.78. The molecule has 2 saturated heterocycles. The molecule has 0 bridgehead atoms. The van der Waals surface area contributed by atoms with Crippen molar-refractivity contribution in [3.63, 3.8) is 0 Å². The molecule has 2 fully saturated rings. The van der Waals surface area contributed by atoms with E-state index in [0.29, 0.717) is 18.3 Å². The zero-order valence-corrected chi connectivity index (χ0v) is 10.6. The van der Waals surface area contributed by atoms with E-state index < -0.39 is 5.79 Å². The zero-order chi connectivity index (χ0) is 11.4. The van der Waals surface area contributed by atoms with Gasteiger partial charge in [0.25, 0.3) is 0 Å². The highest BCUT2D eigenvalue weighted by Crippen LogP contribution is 2.36. The first-order valence-corrected chi connectivity index (χ1v) is 7.07. The average Bonchev–Trinajstić information content (AvgIpc) is 2.62. The molecular formula is C12H19NO2S. The molecule has 3 nitrogen and oxygen atoms in total. The van der Waals surface area contributed by atoms with Crippen molar-refractivity contribution in [1.82, 2.24) is 0 Å². The van der Waals surface area contributed by atoms with E-state index in [1.165, 1.54) is 25.0 Å². The Kier molecular flexibility index (Phi) is 4.12. The van der Waals surface area contributed by atoms with Crippen LogP contribution in [0.1, 0.15) is 39.0 Å². The molecule has 0 aromatic rings. The van der Waals surface area contributed by atoms with Gasteiger partial charge < -0.3 is 9.47 Å². The Morgan fingerprint density at radius 1 is 1.50 bits per heavy atom.